The molecule has 2 aromatic rings. The molecule has 0 saturated heterocycles. The predicted octanol–water partition coefficient (Wildman–Crippen LogP) is 1.48. The highest BCUT2D eigenvalue weighted by Crippen LogP contribution is 2.30. The normalized spacial score (nSPS) is 14.3. The van der Waals surface area contributed by atoms with Gasteiger partial charge >= 0.3 is 0 Å². The van der Waals surface area contributed by atoms with Gasteiger partial charge in [0.25, 0.3) is 5.95 Å². The van der Waals surface area contributed by atoms with Crippen LogP contribution in [0, 0.1) is 0 Å². The van der Waals surface area contributed by atoms with Gasteiger partial charge in [-0.25, -0.2) is 4.68 Å². The van der Waals surface area contributed by atoms with Crippen LogP contribution in [-0.4, -0.2) is 44.4 Å². The molecule has 3 rings (SSSR count). The molecule has 0 bridgehead atoms. The Hall–Kier alpha value is -2.18. The van der Waals surface area contributed by atoms with Gasteiger partial charge < -0.3 is 10.2 Å². The Bertz CT molecular complexity index is 562. The summed E-state index contributed by atoms with van der Waals surface area (Å²) in [6.07, 6.45) is 7.07. The van der Waals surface area contributed by atoms with Crippen LogP contribution >= 0.6 is 0 Å². The molecular weight excluding hydrogens is 254 g/mol. The van der Waals surface area contributed by atoms with Crippen LogP contribution in [0.4, 0.5) is 11.9 Å². The van der Waals surface area contributed by atoms with Crippen LogP contribution in [0.2, 0.25) is 0 Å². The van der Waals surface area contributed by atoms with Crippen molar-refractivity contribution in [2.75, 3.05) is 23.8 Å². The van der Waals surface area contributed by atoms with Crippen LogP contribution in [0.3, 0.4) is 0 Å². The number of nitrogens with zero attached hydrogens (tertiary/aromatic N) is 6. The van der Waals surface area contributed by atoms with Crippen molar-refractivity contribution in [2.45, 2.75) is 32.2 Å². The van der Waals surface area contributed by atoms with E-state index in [-0.39, 0.29) is 0 Å². The van der Waals surface area contributed by atoms with Crippen LogP contribution in [0.5, 0.6) is 0 Å². The fraction of sp³-hybridized carbons (Fsp3) is 0.538. The van der Waals surface area contributed by atoms with Crippen molar-refractivity contribution in [2.24, 2.45) is 0 Å². The molecular formula is C13H19N7. The molecule has 20 heavy (non-hydrogen) atoms. The molecule has 1 N–H and O–H groups in total. The third-order valence-corrected chi connectivity index (χ3v) is 3.25. The summed E-state index contributed by atoms with van der Waals surface area (Å²) >= 11 is 0. The van der Waals surface area contributed by atoms with E-state index in [1.807, 2.05) is 19.3 Å². The predicted molar refractivity (Wildman–Crippen MR) is 77.2 cm³/mol. The summed E-state index contributed by atoms with van der Waals surface area (Å²) in [5.41, 5.74) is 0. The van der Waals surface area contributed by atoms with Gasteiger partial charge in [-0.3, -0.25) is 0 Å². The van der Waals surface area contributed by atoms with Crippen molar-refractivity contribution < 1.29 is 0 Å². The van der Waals surface area contributed by atoms with Crippen LogP contribution in [-0.2, 0) is 0 Å². The van der Waals surface area contributed by atoms with Gasteiger partial charge in [0, 0.05) is 32.0 Å². The van der Waals surface area contributed by atoms with E-state index in [0.29, 0.717) is 17.9 Å². The number of anilines is 2. The molecule has 7 heteroatoms. The van der Waals surface area contributed by atoms with Crippen molar-refractivity contribution >= 4 is 11.9 Å². The van der Waals surface area contributed by atoms with Gasteiger partial charge in [-0.1, -0.05) is 6.92 Å². The Morgan fingerprint density at radius 2 is 2.20 bits per heavy atom. The lowest BCUT2D eigenvalue weighted by Gasteiger charge is -2.22. The number of nitrogens with one attached hydrogen (secondary N) is 1. The Kier molecular flexibility index (Phi) is 3.49. The smallest absolute Gasteiger partial charge is 0.257 e. The van der Waals surface area contributed by atoms with Crippen molar-refractivity contribution in [1.82, 2.24) is 24.7 Å². The topological polar surface area (TPSA) is 71.8 Å². The maximum absolute atomic E-state index is 4.57. The second-order valence-corrected chi connectivity index (χ2v) is 4.88. The van der Waals surface area contributed by atoms with Gasteiger partial charge in [0.15, 0.2) is 0 Å². The quantitative estimate of drug-likeness (QED) is 0.859. The van der Waals surface area contributed by atoms with Crippen LogP contribution < -0.4 is 10.2 Å². The van der Waals surface area contributed by atoms with Crippen LogP contribution in [0.1, 0.15) is 26.2 Å². The van der Waals surface area contributed by atoms with Gasteiger partial charge in [0.1, 0.15) is 0 Å². The Labute approximate surface area is 118 Å². The molecule has 0 amide bonds. The lowest BCUT2D eigenvalue weighted by atomic mass is 10.4. The minimum absolute atomic E-state index is 0.547. The summed E-state index contributed by atoms with van der Waals surface area (Å²) in [5.74, 6) is 1.85. The molecule has 0 aromatic carbocycles. The molecule has 0 radical (unpaired) electrons. The van der Waals surface area contributed by atoms with E-state index in [1.54, 1.807) is 10.9 Å². The largest absolute Gasteiger partial charge is 0.357 e. The molecule has 1 aliphatic rings. The second kappa shape index (κ2) is 5.44. The van der Waals surface area contributed by atoms with E-state index in [9.17, 15) is 0 Å². The van der Waals surface area contributed by atoms with Crippen LogP contribution in [0.25, 0.3) is 5.95 Å². The minimum Gasteiger partial charge on any atom is -0.357 e. The Balaban J connectivity index is 1.98. The Morgan fingerprint density at radius 3 is 2.80 bits per heavy atom. The summed E-state index contributed by atoms with van der Waals surface area (Å²) in [5, 5.41) is 7.18. The molecule has 1 saturated carbocycles. The number of aromatic nitrogens is 5. The first-order chi connectivity index (χ1) is 9.81. The SMILES string of the molecule is CCCN(c1nc(NC)nc(-n2cccn2)n1)C1CC1. The first kappa shape index (κ1) is 12.8. The van der Waals surface area contributed by atoms with Gasteiger partial charge in [0.2, 0.25) is 11.9 Å². The average Bonchev–Trinajstić information content (AvgIpc) is 3.17. The minimum atomic E-state index is 0.547. The third kappa shape index (κ3) is 2.56. The lowest BCUT2D eigenvalue weighted by molar-refractivity contribution is 0.716. The highest BCUT2D eigenvalue weighted by atomic mass is 15.4. The maximum atomic E-state index is 4.57. The maximum Gasteiger partial charge on any atom is 0.257 e. The van der Waals surface area contributed by atoms with Crippen molar-refractivity contribution in [3.8, 4) is 5.95 Å². The molecule has 1 fully saturated rings. The first-order valence-electron chi connectivity index (χ1n) is 7.02. The molecule has 0 unspecified atom stereocenters. The Morgan fingerprint density at radius 1 is 1.35 bits per heavy atom. The summed E-state index contributed by atoms with van der Waals surface area (Å²) in [4.78, 5) is 15.7. The lowest BCUT2D eigenvalue weighted by Crippen LogP contribution is -2.29. The molecule has 0 atom stereocenters. The summed E-state index contributed by atoms with van der Waals surface area (Å²) in [7, 11) is 1.81. The molecule has 7 nitrogen and oxygen atoms in total. The highest BCUT2D eigenvalue weighted by Gasteiger charge is 2.31. The standard InChI is InChI=1S/C13H19N7/c1-3-8-19(10-5-6-10)12-16-11(14-2)17-13(18-12)20-9-4-7-15-20/h4,7,9-10H,3,5-6,8H2,1-2H3,(H,14,16,17,18). The van der Waals surface area contributed by atoms with Gasteiger partial charge in [-0.2, -0.15) is 20.1 Å². The van der Waals surface area contributed by atoms with Crippen molar-refractivity contribution in [1.29, 1.82) is 0 Å². The zero-order valence-corrected chi connectivity index (χ0v) is 11.8. The van der Waals surface area contributed by atoms with Crippen molar-refractivity contribution in [3.63, 3.8) is 0 Å². The molecule has 1 aliphatic carbocycles. The fourth-order valence-corrected chi connectivity index (χ4v) is 2.16. The summed E-state index contributed by atoms with van der Waals surface area (Å²) < 4.78 is 1.66. The van der Waals surface area contributed by atoms with E-state index in [0.717, 1.165) is 18.9 Å². The molecule has 106 valence electrons. The van der Waals surface area contributed by atoms with Gasteiger partial charge in [0.05, 0.1) is 0 Å². The number of hydrogen-bond acceptors (Lipinski definition) is 6. The highest BCUT2D eigenvalue weighted by molar-refractivity contribution is 5.41. The monoisotopic (exact) mass is 273 g/mol. The average molecular weight is 273 g/mol. The van der Waals surface area contributed by atoms with Crippen molar-refractivity contribution in [3.05, 3.63) is 18.5 Å². The molecule has 0 spiro atoms. The number of rotatable bonds is 6. The molecule has 2 aromatic heterocycles. The van der Waals surface area contributed by atoms with Gasteiger partial charge in [-0.05, 0) is 25.3 Å². The third-order valence-electron chi connectivity index (χ3n) is 3.25. The van der Waals surface area contributed by atoms with E-state index < -0.39 is 0 Å². The van der Waals surface area contributed by atoms with E-state index in [2.05, 4.69) is 37.2 Å². The van der Waals surface area contributed by atoms with Crippen LogP contribution in [0.15, 0.2) is 18.5 Å². The molecule has 2 heterocycles. The van der Waals surface area contributed by atoms with E-state index >= 15 is 0 Å². The van der Waals surface area contributed by atoms with E-state index in [4.69, 9.17) is 0 Å². The molecule has 0 aliphatic heterocycles. The summed E-state index contributed by atoms with van der Waals surface area (Å²) in [6.45, 7) is 3.14. The first-order valence-corrected chi connectivity index (χ1v) is 7.02. The summed E-state index contributed by atoms with van der Waals surface area (Å²) in [6, 6.07) is 2.43. The second-order valence-electron chi connectivity index (χ2n) is 4.88. The van der Waals surface area contributed by atoms with Gasteiger partial charge in [-0.15, -0.1) is 0 Å². The van der Waals surface area contributed by atoms with E-state index in [1.165, 1.54) is 12.8 Å². The zero-order chi connectivity index (χ0) is 13.9. The zero-order valence-electron chi connectivity index (χ0n) is 11.8. The fourth-order valence-electron chi connectivity index (χ4n) is 2.16. The number of hydrogen-bond donors (Lipinski definition) is 1.